The maximum atomic E-state index is 5.49. The molecule has 1 heterocycles. The first-order valence-corrected chi connectivity index (χ1v) is 13.7. The molecule has 0 aliphatic heterocycles. The lowest BCUT2D eigenvalue weighted by atomic mass is 10.5. The molecule has 1 aromatic rings. The number of aromatic nitrogens is 1. The lowest BCUT2D eigenvalue weighted by Gasteiger charge is -2.01. The van der Waals surface area contributed by atoms with Gasteiger partial charge < -0.3 is 0 Å². The Morgan fingerprint density at radius 1 is 1.36 bits per heavy atom. The Morgan fingerprint density at radius 3 is 2.43 bits per heavy atom. The molecule has 1 rings (SSSR count). The summed E-state index contributed by atoms with van der Waals surface area (Å²) in [5, 5.41) is -0.525. The molecular weight excluding hydrogens is 308 g/mol. The number of hydrogen-bond acceptors (Lipinski definition) is 4. The second-order valence-corrected chi connectivity index (χ2v) is 20.3. The molecule has 1 nitrogen and oxygen atoms in total. The molecule has 0 aromatic carbocycles. The van der Waals surface area contributed by atoms with Gasteiger partial charge in [-0.3, -0.25) is 0 Å². The molecule has 0 aliphatic rings. The highest BCUT2D eigenvalue weighted by molar-refractivity contribution is 9.18. The molecule has 76 valence electrons. The molecule has 0 radical (unpaired) electrons. The summed E-state index contributed by atoms with van der Waals surface area (Å²) in [6.45, 7) is 0. The van der Waals surface area contributed by atoms with E-state index in [2.05, 4.69) is 12.2 Å². The van der Waals surface area contributed by atoms with Crippen molar-refractivity contribution in [1.82, 2.24) is 0 Å². The van der Waals surface area contributed by atoms with Gasteiger partial charge in [-0.2, -0.15) is 4.34 Å². The zero-order chi connectivity index (χ0) is 10.6. The summed E-state index contributed by atoms with van der Waals surface area (Å²) >= 11 is 18.7. The van der Waals surface area contributed by atoms with Crippen molar-refractivity contribution in [3.05, 3.63) is 30.6 Å². The summed E-state index contributed by atoms with van der Waals surface area (Å²) in [5.74, 6) is 0. The average Bonchev–Trinajstić information content (AvgIpc) is 2.18. The van der Waals surface area contributed by atoms with E-state index in [0.717, 1.165) is 0 Å². The van der Waals surface area contributed by atoms with Crippen LogP contribution < -0.4 is 4.34 Å². The maximum absolute atomic E-state index is 5.49. The van der Waals surface area contributed by atoms with Crippen molar-refractivity contribution in [2.75, 3.05) is 6.26 Å². The number of pyridine rings is 1. The SMILES string of the molecule is CS[P+](=S)SP(=S)(S)[n+]1ccccc1. The molecule has 0 fully saturated rings. The van der Waals surface area contributed by atoms with Crippen LogP contribution in [-0.2, 0) is 23.6 Å². The second-order valence-electron chi connectivity index (χ2n) is 2.23. The van der Waals surface area contributed by atoms with E-state index >= 15 is 0 Å². The summed E-state index contributed by atoms with van der Waals surface area (Å²) < 4.78 is 0.141. The molecule has 0 amide bonds. The van der Waals surface area contributed by atoms with Gasteiger partial charge in [0.2, 0.25) is 11.0 Å². The average molecular weight is 317 g/mol. The molecule has 8 heteroatoms. The molecule has 1 aromatic heterocycles. The molecule has 0 aliphatic carbocycles. The normalized spacial score (nSPS) is 16.0. The molecule has 2 unspecified atom stereocenters. The largest absolute Gasteiger partial charge is 0.345 e. The van der Waals surface area contributed by atoms with Crippen molar-refractivity contribution < 1.29 is 4.34 Å². The van der Waals surface area contributed by atoms with Crippen molar-refractivity contribution in [2.24, 2.45) is 0 Å². The van der Waals surface area contributed by atoms with Gasteiger partial charge in [-0.25, -0.2) is 0 Å². The number of thiol groups is 1. The van der Waals surface area contributed by atoms with Crippen LogP contribution in [0.25, 0.3) is 0 Å². The lowest BCUT2D eigenvalue weighted by molar-refractivity contribution is -0.504. The molecule has 2 atom stereocenters. The molecule has 0 saturated heterocycles. The molecule has 0 spiro atoms. The fraction of sp³-hybridized carbons (Fsp3) is 0.167. The summed E-state index contributed by atoms with van der Waals surface area (Å²) in [6, 6.07) is 5.89. The van der Waals surface area contributed by atoms with Gasteiger partial charge in [-0.15, -0.1) is 0 Å². The third kappa shape index (κ3) is 4.09. The lowest BCUT2D eigenvalue weighted by Crippen LogP contribution is -2.24. The van der Waals surface area contributed by atoms with E-state index in [4.69, 9.17) is 23.6 Å². The van der Waals surface area contributed by atoms with Gasteiger partial charge in [0.1, 0.15) is 11.4 Å². The Hall–Kier alpha value is 1.37. The number of nitrogens with zero attached hydrogens (tertiary/aromatic N) is 1. The minimum atomic E-state index is -1.85. The van der Waals surface area contributed by atoms with Crippen molar-refractivity contribution in [3.8, 4) is 0 Å². The minimum absolute atomic E-state index is 0.525. The van der Waals surface area contributed by atoms with E-state index in [1.165, 1.54) is 0 Å². The first-order valence-electron chi connectivity index (χ1n) is 3.57. The third-order valence-corrected chi connectivity index (χ3v) is 19.7. The quantitative estimate of drug-likeness (QED) is 0.664. The molecule has 0 bridgehead atoms. The molecule has 14 heavy (non-hydrogen) atoms. The van der Waals surface area contributed by atoms with Crippen LogP contribution in [0.3, 0.4) is 0 Å². The monoisotopic (exact) mass is 317 g/mol. The van der Waals surface area contributed by atoms with Crippen LogP contribution in [0.5, 0.6) is 0 Å². The Labute approximate surface area is 108 Å². The third-order valence-electron chi connectivity index (χ3n) is 1.31. The standard InChI is InChI=1S/C6H8NP2S5/c1-13-8(10)14-9(11,12)7-5-3-2-4-6-7/h2-6H,1H3/q+1/p+1. The zero-order valence-electron chi connectivity index (χ0n) is 7.31. The second kappa shape index (κ2) is 6.19. The van der Waals surface area contributed by atoms with Gasteiger partial charge in [-0.1, -0.05) is 18.3 Å². The molecule has 0 saturated carbocycles. The smallest absolute Gasteiger partial charge is 0.167 e. The van der Waals surface area contributed by atoms with Crippen LogP contribution >= 0.6 is 44.3 Å². The zero-order valence-corrected chi connectivity index (χ0v) is 13.3. The van der Waals surface area contributed by atoms with Gasteiger partial charge in [0.05, 0.1) is 0 Å². The van der Waals surface area contributed by atoms with Crippen LogP contribution in [0.2, 0.25) is 0 Å². The van der Waals surface area contributed by atoms with Crippen LogP contribution in [-0.4, -0.2) is 6.26 Å². The van der Waals surface area contributed by atoms with Crippen molar-refractivity contribution in [2.45, 2.75) is 0 Å². The van der Waals surface area contributed by atoms with Crippen molar-refractivity contribution >= 4 is 67.9 Å². The van der Waals surface area contributed by atoms with Gasteiger partial charge in [0.25, 0.3) is 0 Å². The fourth-order valence-electron chi connectivity index (χ4n) is 0.720. The van der Waals surface area contributed by atoms with Crippen LogP contribution in [0.1, 0.15) is 0 Å². The Balaban J connectivity index is 2.86. The predicted octanol–water partition coefficient (Wildman–Crippen LogP) is 3.85. The highest BCUT2D eigenvalue weighted by Gasteiger charge is 2.34. The van der Waals surface area contributed by atoms with Crippen molar-refractivity contribution in [1.29, 1.82) is 0 Å². The molecule has 0 N–H and O–H groups in total. The van der Waals surface area contributed by atoms with Crippen LogP contribution in [0, 0.1) is 0 Å². The van der Waals surface area contributed by atoms with Gasteiger partial charge >= 0.3 is 9.69 Å². The summed E-state index contributed by atoms with van der Waals surface area (Å²) in [7, 11) is 0. The number of rotatable bonds is 4. The fourth-order valence-corrected chi connectivity index (χ4v) is 22.2. The van der Waals surface area contributed by atoms with E-state index in [9.17, 15) is 0 Å². The van der Waals surface area contributed by atoms with Gasteiger partial charge in [0.15, 0.2) is 24.2 Å². The Kier molecular flexibility index (Phi) is 5.94. The minimum Gasteiger partial charge on any atom is -0.167 e. The van der Waals surface area contributed by atoms with Gasteiger partial charge in [-0.05, 0) is 0 Å². The maximum Gasteiger partial charge on any atom is 0.345 e. The first kappa shape index (κ1) is 13.4. The van der Waals surface area contributed by atoms with Crippen LogP contribution in [0.15, 0.2) is 30.6 Å². The van der Waals surface area contributed by atoms with Crippen molar-refractivity contribution in [3.63, 3.8) is 0 Å². The van der Waals surface area contributed by atoms with E-state index in [1.54, 1.807) is 22.4 Å². The van der Waals surface area contributed by atoms with E-state index in [-0.39, 0.29) is 0 Å². The van der Waals surface area contributed by atoms with E-state index in [1.807, 2.05) is 41.2 Å². The van der Waals surface area contributed by atoms with Gasteiger partial charge in [0, 0.05) is 30.2 Å². The summed E-state index contributed by atoms with van der Waals surface area (Å²) in [6.07, 6.45) is 5.93. The van der Waals surface area contributed by atoms with E-state index in [0.29, 0.717) is 0 Å². The predicted molar refractivity (Wildman–Crippen MR) is 80.7 cm³/mol. The number of hydrogen-bond donors (Lipinski definition) is 1. The highest BCUT2D eigenvalue weighted by Crippen LogP contribution is 2.72. The summed E-state index contributed by atoms with van der Waals surface area (Å²) in [5.41, 5.74) is 0. The van der Waals surface area contributed by atoms with E-state index < -0.39 is 9.69 Å². The topological polar surface area (TPSA) is 3.88 Å². The summed E-state index contributed by atoms with van der Waals surface area (Å²) in [4.78, 5) is 0. The first-order chi connectivity index (χ1) is 6.56. The molecular formula is C6H9NP2S5+2. The Morgan fingerprint density at radius 2 is 1.93 bits per heavy atom. The Bertz CT molecular complexity index is 368. The highest BCUT2D eigenvalue weighted by atomic mass is 33.5. The van der Waals surface area contributed by atoms with Crippen LogP contribution in [0.4, 0.5) is 0 Å².